The summed E-state index contributed by atoms with van der Waals surface area (Å²) in [6.07, 6.45) is 0. The summed E-state index contributed by atoms with van der Waals surface area (Å²) in [5.74, 6) is 0.462. The summed E-state index contributed by atoms with van der Waals surface area (Å²) in [7, 11) is 0. The van der Waals surface area contributed by atoms with Crippen molar-refractivity contribution >= 4 is 28.2 Å². The van der Waals surface area contributed by atoms with E-state index >= 15 is 0 Å². The van der Waals surface area contributed by atoms with Crippen molar-refractivity contribution in [3.05, 3.63) is 45.2 Å². The van der Waals surface area contributed by atoms with Crippen molar-refractivity contribution in [3.63, 3.8) is 0 Å². The zero-order valence-corrected chi connectivity index (χ0v) is 16.2. The second-order valence-electron chi connectivity index (χ2n) is 6.87. The number of hydrogen-bond acceptors (Lipinski definition) is 3. The van der Waals surface area contributed by atoms with Crippen LogP contribution in [0.4, 0.5) is 0 Å². The van der Waals surface area contributed by atoms with Crippen molar-refractivity contribution in [2.24, 2.45) is 5.92 Å². The number of rotatable bonds is 6. The summed E-state index contributed by atoms with van der Waals surface area (Å²) in [6, 6.07) is 5.99. The molecule has 6 heteroatoms. The number of aliphatic hydroxyl groups is 1. The van der Waals surface area contributed by atoms with E-state index in [4.69, 9.17) is 12.2 Å². The number of aromatic nitrogens is 1. The average Bonchev–Trinajstić information content (AvgIpc) is 2.54. The molecule has 0 aliphatic rings. The number of fused-ring (bicyclic) bond motifs is 1. The lowest BCUT2D eigenvalue weighted by Crippen LogP contribution is -2.42. The van der Waals surface area contributed by atoms with Gasteiger partial charge in [0.05, 0.1) is 13.2 Å². The second kappa shape index (κ2) is 8.45. The molecule has 0 amide bonds. The monoisotopic (exact) mass is 361 g/mol. The van der Waals surface area contributed by atoms with E-state index < -0.39 is 0 Å². The SMILES string of the molecule is Cc1cc2cc(CN(CCO)C(=S)NCC(C)C)c(=O)[nH]c2cc1C. The summed E-state index contributed by atoms with van der Waals surface area (Å²) >= 11 is 5.43. The summed E-state index contributed by atoms with van der Waals surface area (Å²) in [5.41, 5.74) is 3.69. The van der Waals surface area contributed by atoms with E-state index in [0.29, 0.717) is 29.7 Å². The molecule has 1 heterocycles. The molecule has 2 rings (SSSR count). The van der Waals surface area contributed by atoms with Gasteiger partial charge in [0.1, 0.15) is 0 Å². The van der Waals surface area contributed by atoms with Crippen molar-refractivity contribution in [2.45, 2.75) is 34.2 Å². The van der Waals surface area contributed by atoms with Gasteiger partial charge in [-0.3, -0.25) is 4.79 Å². The van der Waals surface area contributed by atoms with Gasteiger partial charge in [-0.05, 0) is 66.7 Å². The van der Waals surface area contributed by atoms with E-state index in [1.807, 2.05) is 24.0 Å². The predicted molar refractivity (Wildman–Crippen MR) is 107 cm³/mol. The molecule has 0 radical (unpaired) electrons. The van der Waals surface area contributed by atoms with Gasteiger partial charge >= 0.3 is 0 Å². The Morgan fingerprint density at radius 1 is 1.28 bits per heavy atom. The molecule has 0 unspecified atom stereocenters. The largest absolute Gasteiger partial charge is 0.395 e. The summed E-state index contributed by atoms with van der Waals surface area (Å²) in [5, 5.41) is 14.1. The maximum atomic E-state index is 12.4. The molecule has 136 valence electrons. The Balaban J connectivity index is 2.29. The first-order chi connectivity index (χ1) is 11.8. The number of H-pyrrole nitrogens is 1. The number of nitrogens with zero attached hydrogens (tertiary/aromatic N) is 1. The van der Waals surface area contributed by atoms with E-state index in [1.54, 1.807) is 0 Å². The van der Waals surface area contributed by atoms with Crippen LogP contribution in [0.15, 0.2) is 23.0 Å². The molecule has 0 atom stereocenters. The molecular weight excluding hydrogens is 334 g/mol. The number of aryl methyl sites for hydroxylation is 2. The molecule has 0 saturated carbocycles. The van der Waals surface area contributed by atoms with E-state index in [2.05, 4.69) is 37.1 Å². The maximum absolute atomic E-state index is 12.4. The predicted octanol–water partition coefficient (Wildman–Crippen LogP) is 2.47. The minimum absolute atomic E-state index is 0.0205. The Kier molecular flexibility index (Phi) is 6.56. The summed E-state index contributed by atoms with van der Waals surface area (Å²) < 4.78 is 0. The average molecular weight is 362 g/mol. The number of nitrogens with one attached hydrogen (secondary N) is 2. The van der Waals surface area contributed by atoms with E-state index in [9.17, 15) is 9.90 Å². The smallest absolute Gasteiger partial charge is 0.253 e. The van der Waals surface area contributed by atoms with Crippen molar-refractivity contribution in [1.29, 1.82) is 0 Å². The summed E-state index contributed by atoms with van der Waals surface area (Å²) in [6.45, 7) is 9.78. The molecular formula is C19H27N3O2S. The standard InChI is InChI=1S/C19H27N3O2S/c1-12(2)10-20-19(25)22(5-6-23)11-16-9-15-7-13(3)14(4)8-17(15)21-18(16)24/h7-9,12,23H,5-6,10-11H2,1-4H3,(H,20,25)(H,21,24). The Morgan fingerprint density at radius 3 is 2.60 bits per heavy atom. The third kappa shape index (κ3) is 5.03. The highest BCUT2D eigenvalue weighted by molar-refractivity contribution is 7.80. The van der Waals surface area contributed by atoms with Crippen LogP contribution in [0.2, 0.25) is 0 Å². The molecule has 25 heavy (non-hydrogen) atoms. The molecule has 2 aromatic rings. The molecule has 0 bridgehead atoms. The van der Waals surface area contributed by atoms with Crippen LogP contribution in [0.1, 0.15) is 30.5 Å². The molecule has 0 aliphatic heterocycles. The quantitative estimate of drug-likeness (QED) is 0.690. The third-order valence-electron chi connectivity index (χ3n) is 4.22. The lowest BCUT2D eigenvalue weighted by molar-refractivity contribution is 0.245. The van der Waals surface area contributed by atoms with Gasteiger partial charge in [-0.15, -0.1) is 0 Å². The lowest BCUT2D eigenvalue weighted by atomic mass is 10.0. The van der Waals surface area contributed by atoms with Gasteiger partial charge in [0, 0.05) is 24.2 Å². The van der Waals surface area contributed by atoms with Crippen LogP contribution in [0, 0.1) is 19.8 Å². The fraction of sp³-hybridized carbons (Fsp3) is 0.474. The normalized spacial score (nSPS) is 11.1. The highest BCUT2D eigenvalue weighted by Gasteiger charge is 2.13. The van der Waals surface area contributed by atoms with Crippen LogP contribution >= 0.6 is 12.2 Å². The highest BCUT2D eigenvalue weighted by atomic mass is 32.1. The first kappa shape index (κ1) is 19.4. The Labute approximate surface area is 154 Å². The van der Waals surface area contributed by atoms with Crippen LogP contribution in [0.3, 0.4) is 0 Å². The molecule has 0 aliphatic carbocycles. The Hall–Kier alpha value is -1.92. The van der Waals surface area contributed by atoms with Crippen LogP contribution in [-0.4, -0.2) is 39.8 Å². The molecule has 0 spiro atoms. The Morgan fingerprint density at radius 2 is 1.96 bits per heavy atom. The number of pyridine rings is 1. The minimum atomic E-state index is -0.120. The fourth-order valence-corrected chi connectivity index (χ4v) is 2.86. The molecule has 3 N–H and O–H groups in total. The van der Waals surface area contributed by atoms with Crippen LogP contribution in [-0.2, 0) is 6.54 Å². The minimum Gasteiger partial charge on any atom is -0.395 e. The van der Waals surface area contributed by atoms with Gasteiger partial charge in [0.25, 0.3) is 5.56 Å². The van der Waals surface area contributed by atoms with E-state index in [0.717, 1.165) is 23.0 Å². The van der Waals surface area contributed by atoms with E-state index in [1.165, 1.54) is 5.56 Å². The maximum Gasteiger partial charge on any atom is 0.253 e. The van der Waals surface area contributed by atoms with Crippen molar-refractivity contribution in [3.8, 4) is 0 Å². The van der Waals surface area contributed by atoms with Crippen molar-refractivity contribution < 1.29 is 5.11 Å². The first-order valence-electron chi connectivity index (χ1n) is 8.58. The first-order valence-corrected chi connectivity index (χ1v) is 8.99. The molecule has 0 fully saturated rings. The number of hydrogen-bond donors (Lipinski definition) is 3. The molecule has 0 saturated heterocycles. The van der Waals surface area contributed by atoms with Gasteiger partial charge in [0.15, 0.2) is 5.11 Å². The van der Waals surface area contributed by atoms with Crippen LogP contribution in [0.5, 0.6) is 0 Å². The molecule has 1 aromatic heterocycles. The van der Waals surface area contributed by atoms with Gasteiger partial charge < -0.3 is 20.3 Å². The van der Waals surface area contributed by atoms with Gasteiger partial charge in [0.2, 0.25) is 0 Å². The highest BCUT2D eigenvalue weighted by Crippen LogP contribution is 2.17. The van der Waals surface area contributed by atoms with Gasteiger partial charge in [-0.2, -0.15) is 0 Å². The third-order valence-corrected chi connectivity index (χ3v) is 4.62. The van der Waals surface area contributed by atoms with Crippen LogP contribution in [0.25, 0.3) is 10.9 Å². The van der Waals surface area contributed by atoms with Crippen molar-refractivity contribution in [1.82, 2.24) is 15.2 Å². The summed E-state index contributed by atoms with van der Waals surface area (Å²) in [4.78, 5) is 17.2. The number of benzene rings is 1. The zero-order chi connectivity index (χ0) is 18.6. The Bertz CT molecular complexity index is 814. The van der Waals surface area contributed by atoms with Gasteiger partial charge in [-0.25, -0.2) is 0 Å². The zero-order valence-electron chi connectivity index (χ0n) is 15.3. The number of aliphatic hydroxyl groups excluding tert-OH is 1. The van der Waals surface area contributed by atoms with Crippen molar-refractivity contribution in [2.75, 3.05) is 19.7 Å². The number of thiocarbonyl (C=S) groups is 1. The molecule has 5 nitrogen and oxygen atoms in total. The lowest BCUT2D eigenvalue weighted by Gasteiger charge is -2.25. The number of aromatic amines is 1. The second-order valence-corrected chi connectivity index (χ2v) is 7.26. The van der Waals surface area contributed by atoms with Gasteiger partial charge in [-0.1, -0.05) is 13.8 Å². The topological polar surface area (TPSA) is 68.4 Å². The van der Waals surface area contributed by atoms with Crippen LogP contribution < -0.4 is 10.9 Å². The fourth-order valence-electron chi connectivity index (χ4n) is 2.62. The molecule has 1 aromatic carbocycles. The van der Waals surface area contributed by atoms with E-state index in [-0.39, 0.29) is 12.2 Å².